The molecule has 0 amide bonds. The van der Waals surface area contributed by atoms with Gasteiger partial charge in [0.25, 0.3) is 0 Å². The van der Waals surface area contributed by atoms with Gasteiger partial charge in [-0.2, -0.15) is 0 Å². The minimum Gasteiger partial charge on any atom is -0.437 e. The summed E-state index contributed by atoms with van der Waals surface area (Å²) in [7, 11) is 0. The van der Waals surface area contributed by atoms with Crippen LogP contribution in [0.1, 0.15) is 11.5 Å². The van der Waals surface area contributed by atoms with E-state index in [9.17, 15) is 0 Å². The second-order valence-electron chi connectivity index (χ2n) is 5.11. The van der Waals surface area contributed by atoms with Crippen molar-refractivity contribution in [2.24, 2.45) is 0 Å². The SMILES string of the molecule is Clc1cccc(C=Cc2nc3cc4ccccc4cc3o2)c1. The lowest BCUT2D eigenvalue weighted by molar-refractivity contribution is 0.590. The van der Waals surface area contributed by atoms with E-state index in [0.717, 1.165) is 27.4 Å². The lowest BCUT2D eigenvalue weighted by Gasteiger charge is -1.94. The van der Waals surface area contributed by atoms with Gasteiger partial charge in [-0.15, -0.1) is 0 Å². The Bertz CT molecular complexity index is 948. The molecule has 0 saturated heterocycles. The van der Waals surface area contributed by atoms with Crippen molar-refractivity contribution >= 4 is 45.6 Å². The monoisotopic (exact) mass is 305 g/mol. The molecular formula is C19H12ClNO. The van der Waals surface area contributed by atoms with Gasteiger partial charge in [0, 0.05) is 11.1 Å². The van der Waals surface area contributed by atoms with E-state index in [1.54, 1.807) is 0 Å². The van der Waals surface area contributed by atoms with Gasteiger partial charge in [0.05, 0.1) is 0 Å². The van der Waals surface area contributed by atoms with Gasteiger partial charge >= 0.3 is 0 Å². The Labute approximate surface area is 132 Å². The van der Waals surface area contributed by atoms with E-state index in [4.69, 9.17) is 16.0 Å². The smallest absolute Gasteiger partial charge is 0.220 e. The van der Waals surface area contributed by atoms with Crippen LogP contribution in [0.2, 0.25) is 5.02 Å². The Morgan fingerprint density at radius 2 is 1.68 bits per heavy atom. The lowest BCUT2D eigenvalue weighted by Crippen LogP contribution is -1.73. The number of benzene rings is 3. The molecule has 0 radical (unpaired) electrons. The standard InChI is InChI=1S/C19H12ClNO/c20-16-7-3-4-13(10-16)8-9-19-21-17-11-14-5-1-2-6-15(14)12-18(17)22-19/h1-12H. The van der Waals surface area contributed by atoms with Gasteiger partial charge in [0.15, 0.2) is 5.58 Å². The number of hydrogen-bond donors (Lipinski definition) is 0. The summed E-state index contributed by atoms with van der Waals surface area (Å²) in [6.45, 7) is 0. The van der Waals surface area contributed by atoms with Crippen molar-refractivity contribution in [1.82, 2.24) is 4.98 Å². The molecule has 106 valence electrons. The largest absolute Gasteiger partial charge is 0.437 e. The first kappa shape index (κ1) is 13.1. The zero-order chi connectivity index (χ0) is 14.9. The van der Waals surface area contributed by atoms with Gasteiger partial charge in [-0.3, -0.25) is 0 Å². The molecular weight excluding hydrogens is 294 g/mol. The molecule has 0 saturated carbocycles. The zero-order valence-corrected chi connectivity index (χ0v) is 12.4. The van der Waals surface area contributed by atoms with Crippen molar-refractivity contribution < 1.29 is 4.42 Å². The second-order valence-corrected chi connectivity index (χ2v) is 5.54. The van der Waals surface area contributed by atoms with E-state index in [2.05, 4.69) is 17.1 Å². The third-order valence-corrected chi connectivity index (χ3v) is 3.77. The van der Waals surface area contributed by atoms with Gasteiger partial charge in [-0.05, 0) is 46.7 Å². The van der Waals surface area contributed by atoms with Gasteiger partial charge in [0.1, 0.15) is 5.52 Å². The molecule has 0 aliphatic rings. The number of oxazole rings is 1. The molecule has 0 aliphatic heterocycles. The third-order valence-electron chi connectivity index (χ3n) is 3.54. The Balaban J connectivity index is 1.74. The summed E-state index contributed by atoms with van der Waals surface area (Å²) in [5, 5.41) is 3.02. The van der Waals surface area contributed by atoms with Crippen LogP contribution in [0.15, 0.2) is 65.1 Å². The molecule has 0 N–H and O–H groups in total. The molecule has 3 aromatic carbocycles. The summed E-state index contributed by atoms with van der Waals surface area (Å²) in [6.07, 6.45) is 3.80. The van der Waals surface area contributed by atoms with Crippen LogP contribution >= 0.6 is 11.6 Å². The van der Waals surface area contributed by atoms with Crippen molar-refractivity contribution in [2.75, 3.05) is 0 Å². The minimum atomic E-state index is 0.588. The molecule has 0 atom stereocenters. The van der Waals surface area contributed by atoms with Crippen LogP contribution in [-0.2, 0) is 0 Å². The average Bonchev–Trinajstić information content (AvgIpc) is 2.92. The van der Waals surface area contributed by atoms with Crippen LogP contribution < -0.4 is 0 Å². The summed E-state index contributed by atoms with van der Waals surface area (Å²) in [5.41, 5.74) is 2.67. The first-order valence-electron chi connectivity index (χ1n) is 7.01. The summed E-state index contributed by atoms with van der Waals surface area (Å²) < 4.78 is 5.80. The van der Waals surface area contributed by atoms with Crippen molar-refractivity contribution in [3.63, 3.8) is 0 Å². The third kappa shape index (κ3) is 2.49. The summed E-state index contributed by atoms with van der Waals surface area (Å²) >= 11 is 5.98. The van der Waals surface area contributed by atoms with Gasteiger partial charge in [-0.25, -0.2) is 4.98 Å². The van der Waals surface area contributed by atoms with Crippen LogP contribution in [0.3, 0.4) is 0 Å². The van der Waals surface area contributed by atoms with E-state index in [0.29, 0.717) is 10.9 Å². The Kier molecular flexibility index (Phi) is 3.17. The first-order chi connectivity index (χ1) is 10.8. The second kappa shape index (κ2) is 5.32. The highest BCUT2D eigenvalue weighted by atomic mass is 35.5. The van der Waals surface area contributed by atoms with Crippen molar-refractivity contribution in [3.8, 4) is 0 Å². The van der Waals surface area contributed by atoms with E-state index in [1.807, 2.05) is 60.7 Å². The minimum absolute atomic E-state index is 0.588. The Morgan fingerprint density at radius 3 is 2.50 bits per heavy atom. The number of nitrogens with zero attached hydrogens (tertiary/aromatic N) is 1. The maximum atomic E-state index is 5.98. The maximum absolute atomic E-state index is 5.98. The average molecular weight is 306 g/mol. The van der Waals surface area contributed by atoms with E-state index < -0.39 is 0 Å². The Morgan fingerprint density at radius 1 is 0.864 bits per heavy atom. The predicted octanol–water partition coefficient (Wildman–Crippen LogP) is 5.80. The lowest BCUT2D eigenvalue weighted by atomic mass is 10.1. The van der Waals surface area contributed by atoms with Crippen LogP contribution in [0.25, 0.3) is 34.0 Å². The topological polar surface area (TPSA) is 26.0 Å². The number of hydrogen-bond acceptors (Lipinski definition) is 2. The van der Waals surface area contributed by atoms with Crippen molar-refractivity contribution in [2.45, 2.75) is 0 Å². The number of aromatic nitrogens is 1. The highest BCUT2D eigenvalue weighted by Crippen LogP contribution is 2.24. The molecule has 0 spiro atoms. The highest BCUT2D eigenvalue weighted by molar-refractivity contribution is 6.30. The quantitative estimate of drug-likeness (QED) is 0.467. The molecule has 0 unspecified atom stereocenters. The molecule has 2 nitrogen and oxygen atoms in total. The van der Waals surface area contributed by atoms with E-state index in [1.165, 1.54) is 0 Å². The first-order valence-corrected chi connectivity index (χ1v) is 7.39. The molecule has 4 rings (SSSR count). The van der Waals surface area contributed by atoms with E-state index >= 15 is 0 Å². The Hall–Kier alpha value is -2.58. The molecule has 1 heterocycles. The fraction of sp³-hybridized carbons (Fsp3) is 0. The normalized spacial score (nSPS) is 11.7. The number of rotatable bonds is 2. The maximum Gasteiger partial charge on any atom is 0.220 e. The number of halogens is 1. The molecule has 4 aromatic rings. The summed E-state index contributed by atoms with van der Waals surface area (Å²) in [5.74, 6) is 0.588. The molecule has 0 fully saturated rings. The van der Waals surface area contributed by atoms with Crippen LogP contribution in [0.4, 0.5) is 0 Å². The predicted molar refractivity (Wildman–Crippen MR) is 91.9 cm³/mol. The van der Waals surface area contributed by atoms with Gasteiger partial charge in [0.2, 0.25) is 5.89 Å². The van der Waals surface area contributed by atoms with Gasteiger partial charge < -0.3 is 4.42 Å². The van der Waals surface area contributed by atoms with Gasteiger partial charge in [-0.1, -0.05) is 48.0 Å². The summed E-state index contributed by atoms with van der Waals surface area (Å²) in [6, 6.07) is 19.9. The van der Waals surface area contributed by atoms with Crippen molar-refractivity contribution in [1.29, 1.82) is 0 Å². The molecule has 3 heteroatoms. The zero-order valence-electron chi connectivity index (χ0n) is 11.7. The molecule has 1 aromatic heterocycles. The van der Waals surface area contributed by atoms with Crippen molar-refractivity contribution in [3.05, 3.63) is 77.1 Å². The summed E-state index contributed by atoms with van der Waals surface area (Å²) in [4.78, 5) is 4.51. The molecule has 22 heavy (non-hydrogen) atoms. The highest BCUT2D eigenvalue weighted by Gasteiger charge is 2.05. The van der Waals surface area contributed by atoms with Crippen LogP contribution in [0.5, 0.6) is 0 Å². The van der Waals surface area contributed by atoms with Crippen LogP contribution in [-0.4, -0.2) is 4.98 Å². The molecule has 0 aliphatic carbocycles. The van der Waals surface area contributed by atoms with E-state index in [-0.39, 0.29) is 0 Å². The number of fused-ring (bicyclic) bond motifs is 2. The fourth-order valence-corrected chi connectivity index (χ4v) is 2.68. The fourth-order valence-electron chi connectivity index (χ4n) is 2.48. The molecule has 0 bridgehead atoms. The van der Waals surface area contributed by atoms with Crippen LogP contribution in [0, 0.1) is 0 Å².